The molecule has 5 heteroatoms. The van der Waals surface area contributed by atoms with Crippen molar-refractivity contribution in [3.05, 3.63) is 12.4 Å². The molecule has 4 nitrogen and oxygen atoms in total. The van der Waals surface area contributed by atoms with Gasteiger partial charge < -0.3 is 11.1 Å². The summed E-state index contributed by atoms with van der Waals surface area (Å²) >= 11 is 1.95. The quantitative estimate of drug-likeness (QED) is 0.816. The molecule has 1 aliphatic rings. The fraction of sp³-hybridized carbons (Fsp3) is 0.600. The van der Waals surface area contributed by atoms with Crippen molar-refractivity contribution in [2.45, 2.75) is 24.0 Å². The first kappa shape index (κ1) is 10.5. The highest BCUT2D eigenvalue weighted by molar-refractivity contribution is 8.00. The number of nitrogens with zero attached hydrogens (tertiary/aromatic N) is 2. The Bertz CT molecular complexity index is 332. The predicted molar refractivity (Wildman–Crippen MR) is 65.0 cm³/mol. The van der Waals surface area contributed by atoms with Gasteiger partial charge in [0.2, 0.25) is 0 Å². The highest BCUT2D eigenvalue weighted by atomic mass is 32.2. The number of hydrogen-bond acceptors (Lipinski definition) is 5. The standard InChI is InChI=1S/C10H16N4S/c1-15-10(3-2-4-10)6-12-9-5-8(11)13-7-14-9/h5,7H,2-4,6H2,1H3,(H3,11,12,13,14). The second-order valence-corrected chi connectivity index (χ2v) is 5.20. The van der Waals surface area contributed by atoms with E-state index in [1.807, 2.05) is 11.8 Å². The van der Waals surface area contributed by atoms with Crippen LogP contribution >= 0.6 is 11.8 Å². The fourth-order valence-electron chi connectivity index (χ4n) is 1.74. The minimum absolute atomic E-state index is 0.416. The molecule has 1 fully saturated rings. The third kappa shape index (κ3) is 2.34. The van der Waals surface area contributed by atoms with Gasteiger partial charge >= 0.3 is 0 Å². The summed E-state index contributed by atoms with van der Waals surface area (Å²) in [5, 5.41) is 3.33. The third-order valence-corrected chi connectivity index (χ3v) is 4.40. The molecule has 0 bridgehead atoms. The molecule has 15 heavy (non-hydrogen) atoms. The minimum Gasteiger partial charge on any atom is -0.384 e. The highest BCUT2D eigenvalue weighted by Crippen LogP contribution is 2.42. The van der Waals surface area contributed by atoms with E-state index in [1.54, 1.807) is 6.07 Å². The lowest BCUT2D eigenvalue weighted by molar-refractivity contribution is 0.379. The van der Waals surface area contributed by atoms with Crippen molar-refractivity contribution in [2.75, 3.05) is 23.9 Å². The number of aromatic nitrogens is 2. The molecule has 2 rings (SSSR count). The maximum atomic E-state index is 5.58. The Morgan fingerprint density at radius 1 is 1.53 bits per heavy atom. The molecule has 0 saturated heterocycles. The van der Waals surface area contributed by atoms with Crippen molar-refractivity contribution in [2.24, 2.45) is 0 Å². The zero-order valence-electron chi connectivity index (χ0n) is 8.86. The molecule has 1 aromatic heterocycles. The molecule has 82 valence electrons. The Labute approximate surface area is 94.1 Å². The average Bonchev–Trinajstić information content (AvgIpc) is 2.17. The van der Waals surface area contributed by atoms with E-state index in [1.165, 1.54) is 25.6 Å². The Kier molecular flexibility index (Phi) is 3.00. The molecule has 0 unspecified atom stereocenters. The van der Waals surface area contributed by atoms with Gasteiger partial charge in [0.05, 0.1) is 0 Å². The van der Waals surface area contributed by atoms with Crippen LogP contribution in [0.3, 0.4) is 0 Å². The Hall–Kier alpha value is -0.970. The number of nitrogens with two attached hydrogens (primary N) is 1. The van der Waals surface area contributed by atoms with E-state index in [2.05, 4.69) is 21.5 Å². The van der Waals surface area contributed by atoms with Crippen molar-refractivity contribution in [3.8, 4) is 0 Å². The topological polar surface area (TPSA) is 63.8 Å². The molecule has 1 heterocycles. The van der Waals surface area contributed by atoms with E-state index < -0.39 is 0 Å². The number of rotatable bonds is 4. The summed E-state index contributed by atoms with van der Waals surface area (Å²) in [6.45, 7) is 0.963. The first-order valence-corrected chi connectivity index (χ1v) is 6.33. The van der Waals surface area contributed by atoms with Gasteiger partial charge in [-0.05, 0) is 19.1 Å². The van der Waals surface area contributed by atoms with Crippen LogP contribution in [-0.2, 0) is 0 Å². The lowest BCUT2D eigenvalue weighted by Crippen LogP contribution is -2.40. The Morgan fingerprint density at radius 3 is 2.87 bits per heavy atom. The maximum absolute atomic E-state index is 5.58. The number of hydrogen-bond donors (Lipinski definition) is 2. The largest absolute Gasteiger partial charge is 0.384 e. The van der Waals surface area contributed by atoms with Gasteiger partial charge in [0.1, 0.15) is 18.0 Å². The summed E-state index contributed by atoms with van der Waals surface area (Å²) in [6.07, 6.45) is 7.59. The lowest BCUT2D eigenvalue weighted by Gasteiger charge is -2.40. The van der Waals surface area contributed by atoms with Gasteiger partial charge in [0, 0.05) is 17.4 Å². The van der Waals surface area contributed by atoms with Crippen molar-refractivity contribution >= 4 is 23.4 Å². The molecule has 0 radical (unpaired) electrons. The smallest absolute Gasteiger partial charge is 0.131 e. The summed E-state index contributed by atoms with van der Waals surface area (Å²) < 4.78 is 0.416. The second-order valence-electron chi connectivity index (χ2n) is 3.92. The van der Waals surface area contributed by atoms with Crippen LogP contribution in [0.5, 0.6) is 0 Å². The van der Waals surface area contributed by atoms with Crippen LogP contribution in [-0.4, -0.2) is 27.5 Å². The lowest BCUT2D eigenvalue weighted by atomic mass is 9.84. The normalized spacial score (nSPS) is 18.2. The number of anilines is 2. The number of nitrogen functional groups attached to an aromatic ring is 1. The zero-order valence-corrected chi connectivity index (χ0v) is 9.68. The first-order chi connectivity index (χ1) is 7.24. The van der Waals surface area contributed by atoms with Crippen molar-refractivity contribution < 1.29 is 0 Å². The molecule has 1 aliphatic carbocycles. The molecular formula is C10H16N4S. The Balaban J connectivity index is 1.92. The first-order valence-electron chi connectivity index (χ1n) is 5.11. The van der Waals surface area contributed by atoms with Gasteiger partial charge in [-0.1, -0.05) is 6.42 Å². The second kappa shape index (κ2) is 4.26. The molecule has 0 spiro atoms. The molecular weight excluding hydrogens is 208 g/mol. The predicted octanol–water partition coefficient (Wildman–Crippen LogP) is 1.76. The van der Waals surface area contributed by atoms with E-state index in [-0.39, 0.29) is 0 Å². The SMILES string of the molecule is CSC1(CNc2cc(N)ncn2)CCC1. The summed E-state index contributed by atoms with van der Waals surface area (Å²) in [5.74, 6) is 1.34. The average molecular weight is 224 g/mol. The van der Waals surface area contributed by atoms with Crippen LogP contribution in [0.15, 0.2) is 12.4 Å². The van der Waals surface area contributed by atoms with Gasteiger partial charge in [-0.15, -0.1) is 0 Å². The van der Waals surface area contributed by atoms with Crippen molar-refractivity contribution in [1.82, 2.24) is 9.97 Å². The molecule has 0 amide bonds. The summed E-state index contributed by atoms with van der Waals surface area (Å²) in [4.78, 5) is 7.98. The van der Waals surface area contributed by atoms with Crippen LogP contribution in [0, 0.1) is 0 Å². The van der Waals surface area contributed by atoms with Crippen LogP contribution in [0.1, 0.15) is 19.3 Å². The van der Waals surface area contributed by atoms with E-state index in [4.69, 9.17) is 5.73 Å². The summed E-state index contributed by atoms with van der Waals surface area (Å²) in [5.41, 5.74) is 5.58. The monoisotopic (exact) mass is 224 g/mol. The van der Waals surface area contributed by atoms with E-state index in [0.29, 0.717) is 10.6 Å². The fourth-order valence-corrected chi connectivity index (χ4v) is 2.66. The molecule has 0 aromatic carbocycles. The Morgan fingerprint density at radius 2 is 2.33 bits per heavy atom. The molecule has 0 aliphatic heterocycles. The molecule has 1 aromatic rings. The summed E-state index contributed by atoms with van der Waals surface area (Å²) in [7, 11) is 0. The van der Waals surface area contributed by atoms with E-state index in [9.17, 15) is 0 Å². The molecule has 1 saturated carbocycles. The molecule has 3 N–H and O–H groups in total. The van der Waals surface area contributed by atoms with E-state index >= 15 is 0 Å². The number of thioether (sulfide) groups is 1. The van der Waals surface area contributed by atoms with Crippen LogP contribution in [0.4, 0.5) is 11.6 Å². The van der Waals surface area contributed by atoms with Gasteiger partial charge in [0.25, 0.3) is 0 Å². The van der Waals surface area contributed by atoms with Gasteiger partial charge in [-0.25, -0.2) is 9.97 Å². The van der Waals surface area contributed by atoms with Crippen LogP contribution < -0.4 is 11.1 Å². The van der Waals surface area contributed by atoms with E-state index in [0.717, 1.165) is 12.4 Å². The van der Waals surface area contributed by atoms with Crippen molar-refractivity contribution in [1.29, 1.82) is 0 Å². The third-order valence-electron chi connectivity index (χ3n) is 2.98. The highest BCUT2D eigenvalue weighted by Gasteiger charge is 2.35. The van der Waals surface area contributed by atoms with Gasteiger partial charge in [-0.3, -0.25) is 0 Å². The van der Waals surface area contributed by atoms with Gasteiger partial charge in [0.15, 0.2) is 0 Å². The van der Waals surface area contributed by atoms with Crippen molar-refractivity contribution in [3.63, 3.8) is 0 Å². The molecule has 0 atom stereocenters. The summed E-state index contributed by atoms with van der Waals surface area (Å²) in [6, 6.07) is 1.77. The zero-order chi connectivity index (χ0) is 10.7. The van der Waals surface area contributed by atoms with Crippen LogP contribution in [0.2, 0.25) is 0 Å². The number of nitrogens with one attached hydrogen (secondary N) is 1. The van der Waals surface area contributed by atoms with Gasteiger partial charge in [-0.2, -0.15) is 11.8 Å². The maximum Gasteiger partial charge on any atom is 0.131 e. The van der Waals surface area contributed by atoms with Crippen LogP contribution in [0.25, 0.3) is 0 Å². The minimum atomic E-state index is 0.416.